The van der Waals surface area contributed by atoms with Gasteiger partial charge < -0.3 is 19.5 Å². The van der Waals surface area contributed by atoms with Gasteiger partial charge in [0.25, 0.3) is 5.91 Å². The van der Waals surface area contributed by atoms with Crippen molar-refractivity contribution in [2.75, 3.05) is 46.2 Å². The first-order chi connectivity index (χ1) is 15.0. The maximum absolute atomic E-state index is 12.7. The highest BCUT2D eigenvalue weighted by Crippen LogP contribution is 2.32. The third kappa shape index (κ3) is 5.53. The van der Waals surface area contributed by atoms with Crippen molar-refractivity contribution in [1.29, 1.82) is 0 Å². The quantitative estimate of drug-likeness (QED) is 0.621. The van der Waals surface area contributed by atoms with Gasteiger partial charge in [0.2, 0.25) is 16.8 Å². The van der Waals surface area contributed by atoms with Crippen LogP contribution in [0.5, 0.6) is 11.5 Å². The molecule has 2 heterocycles. The molecule has 2 N–H and O–H groups in total. The first-order valence-corrected chi connectivity index (χ1v) is 11.6. The first kappa shape index (κ1) is 21.6. The lowest BCUT2D eigenvalue weighted by atomic mass is 10.2. The molecule has 9 nitrogen and oxygen atoms in total. The zero-order valence-electron chi connectivity index (χ0n) is 17.0. The Hall–Kier alpha value is -2.66. The molecule has 2 aliphatic heterocycles. The van der Waals surface area contributed by atoms with Gasteiger partial charge in [0.15, 0.2) is 11.5 Å². The lowest BCUT2D eigenvalue weighted by Gasteiger charge is -2.26. The maximum atomic E-state index is 12.7. The van der Waals surface area contributed by atoms with E-state index in [2.05, 4.69) is 14.9 Å². The molecular weight excluding hydrogens is 422 g/mol. The number of ether oxygens (including phenoxy) is 3. The zero-order valence-corrected chi connectivity index (χ0v) is 17.8. The second kappa shape index (κ2) is 9.65. The van der Waals surface area contributed by atoms with Crippen molar-refractivity contribution in [2.24, 2.45) is 0 Å². The normalized spacial score (nSPS) is 16.3. The average molecular weight is 448 g/mol. The molecule has 0 spiro atoms. The fourth-order valence-electron chi connectivity index (χ4n) is 3.37. The summed E-state index contributed by atoms with van der Waals surface area (Å²) in [5.74, 6) is 0.924. The van der Waals surface area contributed by atoms with Gasteiger partial charge in [-0.2, -0.15) is 0 Å². The van der Waals surface area contributed by atoms with E-state index in [1.165, 1.54) is 12.1 Å². The summed E-state index contributed by atoms with van der Waals surface area (Å²) in [7, 11) is -3.79. The van der Waals surface area contributed by atoms with Crippen LogP contribution < -0.4 is 19.5 Å². The number of carbonyl (C=O) groups excluding carboxylic acids is 1. The van der Waals surface area contributed by atoms with Crippen LogP contribution in [0.25, 0.3) is 0 Å². The lowest BCUT2D eigenvalue weighted by Crippen LogP contribution is -2.41. The van der Waals surface area contributed by atoms with E-state index in [1.54, 1.807) is 30.3 Å². The van der Waals surface area contributed by atoms with Crippen LogP contribution in [0.3, 0.4) is 0 Å². The average Bonchev–Trinajstić information content (AvgIpc) is 3.26. The zero-order chi connectivity index (χ0) is 21.7. The molecule has 2 aromatic carbocycles. The minimum atomic E-state index is -3.79. The molecule has 10 heteroatoms. The molecule has 0 radical (unpaired) electrons. The van der Waals surface area contributed by atoms with Gasteiger partial charge in [-0.1, -0.05) is 12.1 Å². The number of nitrogens with one attached hydrogen (secondary N) is 2. The Labute approximate surface area is 181 Å². The summed E-state index contributed by atoms with van der Waals surface area (Å²) >= 11 is 0. The summed E-state index contributed by atoms with van der Waals surface area (Å²) in [4.78, 5) is 14.7. The Bertz CT molecular complexity index is 1040. The first-order valence-electron chi connectivity index (χ1n) is 10.1. The van der Waals surface area contributed by atoms with Crippen molar-refractivity contribution >= 4 is 15.9 Å². The van der Waals surface area contributed by atoms with Crippen molar-refractivity contribution in [3.63, 3.8) is 0 Å². The third-order valence-electron chi connectivity index (χ3n) is 5.13. The number of amides is 1. The van der Waals surface area contributed by atoms with Crippen molar-refractivity contribution < 1.29 is 27.4 Å². The lowest BCUT2D eigenvalue weighted by molar-refractivity contribution is 0.0383. The molecule has 0 saturated carbocycles. The van der Waals surface area contributed by atoms with Crippen molar-refractivity contribution in [3.05, 3.63) is 53.6 Å². The number of benzene rings is 2. The van der Waals surface area contributed by atoms with Gasteiger partial charge in [-0.3, -0.25) is 9.69 Å². The van der Waals surface area contributed by atoms with E-state index >= 15 is 0 Å². The molecule has 1 fully saturated rings. The van der Waals surface area contributed by atoms with E-state index in [1.807, 2.05) is 0 Å². The number of nitrogens with zero attached hydrogens (tertiary/aromatic N) is 1. The van der Waals surface area contributed by atoms with Gasteiger partial charge in [0.1, 0.15) is 0 Å². The molecule has 2 aromatic rings. The summed E-state index contributed by atoms with van der Waals surface area (Å²) in [5.41, 5.74) is 1.04. The highest BCUT2D eigenvalue weighted by molar-refractivity contribution is 7.89. The number of fused-ring (bicyclic) bond motifs is 1. The molecule has 31 heavy (non-hydrogen) atoms. The van der Waals surface area contributed by atoms with Crippen molar-refractivity contribution in [3.8, 4) is 11.5 Å². The number of morpholine rings is 1. The molecular formula is C21H25N3O6S. The number of rotatable bonds is 8. The minimum absolute atomic E-state index is 0.0362. The number of hydrogen-bond donors (Lipinski definition) is 2. The highest BCUT2D eigenvalue weighted by Gasteiger charge is 2.18. The van der Waals surface area contributed by atoms with E-state index < -0.39 is 10.0 Å². The van der Waals surface area contributed by atoms with E-state index in [-0.39, 0.29) is 24.1 Å². The molecule has 0 bridgehead atoms. The molecule has 166 valence electrons. The van der Waals surface area contributed by atoms with E-state index in [0.717, 1.165) is 25.2 Å². The van der Waals surface area contributed by atoms with Crippen LogP contribution in [0.2, 0.25) is 0 Å². The van der Waals surface area contributed by atoms with E-state index in [9.17, 15) is 13.2 Å². The molecule has 1 amide bonds. The molecule has 0 unspecified atom stereocenters. The molecule has 1 saturated heterocycles. The van der Waals surface area contributed by atoms with Crippen LogP contribution in [0, 0.1) is 0 Å². The standard InChI is InChI=1S/C21H25N3O6S/c25-21(22-6-7-24-8-10-28-11-9-24)17-2-1-3-18(13-17)31(26,27)23-14-16-4-5-19-20(12-16)30-15-29-19/h1-5,12-13,23H,6-11,14-15H2,(H,22,25). The molecule has 0 aliphatic carbocycles. The van der Waals surface area contributed by atoms with Gasteiger partial charge in [-0.05, 0) is 35.9 Å². The fraction of sp³-hybridized carbons (Fsp3) is 0.381. The molecule has 2 aliphatic rings. The van der Waals surface area contributed by atoms with Gasteiger partial charge in [0, 0.05) is 38.3 Å². The monoisotopic (exact) mass is 447 g/mol. The molecule has 0 aromatic heterocycles. The number of carbonyl (C=O) groups is 1. The van der Waals surface area contributed by atoms with Crippen LogP contribution in [0.15, 0.2) is 47.4 Å². The molecule has 4 rings (SSSR count). The van der Waals surface area contributed by atoms with Crippen LogP contribution in [0.4, 0.5) is 0 Å². The van der Waals surface area contributed by atoms with E-state index in [4.69, 9.17) is 14.2 Å². The summed E-state index contributed by atoms with van der Waals surface area (Å²) < 4.78 is 43.9. The summed E-state index contributed by atoms with van der Waals surface area (Å²) in [6.45, 7) is 4.56. The second-order valence-electron chi connectivity index (χ2n) is 7.25. The maximum Gasteiger partial charge on any atom is 0.251 e. The largest absolute Gasteiger partial charge is 0.454 e. The number of sulfonamides is 1. The fourth-order valence-corrected chi connectivity index (χ4v) is 4.43. The smallest absolute Gasteiger partial charge is 0.251 e. The summed E-state index contributed by atoms with van der Waals surface area (Å²) in [6.07, 6.45) is 0. The van der Waals surface area contributed by atoms with Crippen molar-refractivity contribution in [2.45, 2.75) is 11.4 Å². The van der Waals surface area contributed by atoms with Crippen LogP contribution in [0.1, 0.15) is 15.9 Å². The van der Waals surface area contributed by atoms with Gasteiger partial charge in [-0.15, -0.1) is 0 Å². The Balaban J connectivity index is 1.34. The van der Waals surface area contributed by atoms with Gasteiger partial charge in [-0.25, -0.2) is 13.1 Å². The number of hydrogen-bond acceptors (Lipinski definition) is 7. The molecule has 0 atom stereocenters. The van der Waals surface area contributed by atoms with Gasteiger partial charge >= 0.3 is 0 Å². The Kier molecular flexibility index (Phi) is 6.71. The van der Waals surface area contributed by atoms with E-state index in [0.29, 0.717) is 36.8 Å². The minimum Gasteiger partial charge on any atom is -0.454 e. The predicted molar refractivity (Wildman–Crippen MR) is 113 cm³/mol. The highest BCUT2D eigenvalue weighted by atomic mass is 32.2. The Morgan fingerprint density at radius 1 is 1.03 bits per heavy atom. The van der Waals surface area contributed by atoms with Crippen molar-refractivity contribution in [1.82, 2.24) is 14.9 Å². The summed E-state index contributed by atoms with van der Waals surface area (Å²) in [5, 5.41) is 2.84. The summed E-state index contributed by atoms with van der Waals surface area (Å²) in [6, 6.07) is 11.3. The van der Waals surface area contributed by atoms with Gasteiger partial charge in [0.05, 0.1) is 18.1 Å². The topological polar surface area (TPSA) is 106 Å². The Morgan fingerprint density at radius 3 is 2.68 bits per heavy atom. The Morgan fingerprint density at radius 2 is 1.84 bits per heavy atom. The third-order valence-corrected chi connectivity index (χ3v) is 6.53. The van der Waals surface area contributed by atoms with Crippen LogP contribution in [-0.2, 0) is 21.3 Å². The van der Waals surface area contributed by atoms with Crippen LogP contribution >= 0.6 is 0 Å². The second-order valence-corrected chi connectivity index (χ2v) is 9.02. The predicted octanol–water partition coefficient (Wildman–Crippen LogP) is 0.956. The SMILES string of the molecule is O=C(NCCN1CCOCC1)c1cccc(S(=O)(=O)NCc2ccc3c(c2)OCO3)c1. The van der Waals surface area contributed by atoms with Crippen LogP contribution in [-0.4, -0.2) is 65.4 Å².